The summed E-state index contributed by atoms with van der Waals surface area (Å²) in [5.41, 5.74) is 6.16. The van der Waals surface area contributed by atoms with Gasteiger partial charge in [-0.3, -0.25) is 0 Å². The molecular formula is C33H30Si. The number of hydrogen-bond donors (Lipinski definition) is 0. The molecule has 0 aliphatic heterocycles. The maximum atomic E-state index is 2.59. The summed E-state index contributed by atoms with van der Waals surface area (Å²) in [6.07, 6.45) is 0. The first-order chi connectivity index (χ1) is 16.8. The summed E-state index contributed by atoms with van der Waals surface area (Å²) >= 11 is 0. The van der Waals surface area contributed by atoms with Crippen LogP contribution in [-0.4, -0.2) is 8.07 Å². The smallest absolute Gasteiger partial charge is 0.0638 e. The normalized spacial score (nSPS) is 11.6. The van der Waals surface area contributed by atoms with Crippen molar-refractivity contribution in [1.29, 1.82) is 0 Å². The molecule has 0 bridgehead atoms. The molecule has 166 valence electrons. The van der Waals surface area contributed by atoms with Crippen LogP contribution in [0.5, 0.6) is 0 Å². The molecule has 0 aromatic heterocycles. The van der Waals surface area contributed by atoms with Gasteiger partial charge in [0.15, 0.2) is 0 Å². The lowest BCUT2D eigenvalue weighted by Crippen LogP contribution is -2.56. The Morgan fingerprint density at radius 2 is 0.588 bits per heavy atom. The summed E-state index contributed by atoms with van der Waals surface area (Å²) in [6, 6.07) is 55.8. The van der Waals surface area contributed by atoms with Gasteiger partial charge in [0, 0.05) is 11.1 Å². The molecule has 5 rings (SSSR count). The molecular weight excluding hydrogens is 424 g/mol. The monoisotopic (exact) mass is 454 g/mol. The van der Waals surface area contributed by atoms with Gasteiger partial charge in [0.1, 0.15) is 8.07 Å². The van der Waals surface area contributed by atoms with Crippen LogP contribution in [0.25, 0.3) is 0 Å². The maximum absolute atomic E-state index is 2.59. The predicted molar refractivity (Wildman–Crippen MR) is 147 cm³/mol. The molecule has 1 heteroatoms. The van der Waals surface area contributed by atoms with E-state index < -0.39 is 8.07 Å². The number of hydrogen-bond acceptors (Lipinski definition) is 0. The first kappa shape index (κ1) is 22.1. The molecule has 0 radical (unpaired) electrons. The number of rotatable bonds is 7. The van der Waals surface area contributed by atoms with E-state index in [-0.39, 0.29) is 0 Å². The molecule has 0 saturated heterocycles. The van der Waals surface area contributed by atoms with Crippen molar-refractivity contribution in [3.63, 3.8) is 0 Å². The largest absolute Gasteiger partial charge is 0.107 e. The third-order valence-electron chi connectivity index (χ3n) is 7.13. The Labute approximate surface area is 204 Å². The van der Waals surface area contributed by atoms with E-state index in [1.807, 2.05) is 0 Å². The van der Waals surface area contributed by atoms with Gasteiger partial charge < -0.3 is 0 Å². The van der Waals surface area contributed by atoms with Crippen LogP contribution in [0.15, 0.2) is 152 Å². The van der Waals surface area contributed by atoms with Crippen LogP contribution in [-0.2, 0) is 0 Å². The highest BCUT2D eigenvalue weighted by Gasteiger charge is 2.47. The van der Waals surface area contributed by atoms with Crippen LogP contribution in [0.3, 0.4) is 0 Å². The van der Waals surface area contributed by atoms with E-state index in [1.165, 1.54) is 27.4 Å². The molecule has 0 saturated carbocycles. The average Bonchev–Trinajstić information content (AvgIpc) is 2.92. The van der Waals surface area contributed by atoms with Gasteiger partial charge in [0.05, 0.1) is 0 Å². The molecule has 5 aromatic carbocycles. The van der Waals surface area contributed by atoms with Crippen molar-refractivity contribution in [3.05, 3.63) is 174 Å². The number of benzene rings is 5. The first-order valence-electron chi connectivity index (χ1n) is 12.0. The Morgan fingerprint density at radius 1 is 0.353 bits per heavy atom. The van der Waals surface area contributed by atoms with Crippen LogP contribution in [0.1, 0.15) is 33.3 Å². The maximum Gasteiger partial charge on any atom is 0.107 e. The second-order valence-corrected chi connectivity index (χ2v) is 13.5. The fourth-order valence-electron chi connectivity index (χ4n) is 5.65. The fourth-order valence-corrected chi connectivity index (χ4v) is 11.1. The lowest BCUT2D eigenvalue weighted by atomic mass is 10.0. The average molecular weight is 455 g/mol. The topological polar surface area (TPSA) is 0 Å². The van der Waals surface area contributed by atoms with Crippen molar-refractivity contribution in [2.75, 3.05) is 0 Å². The summed E-state index contributed by atoms with van der Waals surface area (Å²) in [5.74, 6) is 0. The van der Waals surface area contributed by atoms with Crippen molar-refractivity contribution in [1.82, 2.24) is 0 Å². The molecule has 0 nitrogen and oxygen atoms in total. The highest BCUT2D eigenvalue weighted by Crippen LogP contribution is 2.44. The van der Waals surface area contributed by atoms with Crippen molar-refractivity contribution in [3.8, 4) is 0 Å². The molecule has 0 aliphatic carbocycles. The summed E-state index contributed by atoms with van der Waals surface area (Å²) in [6.45, 7) is 2.59. The molecule has 0 heterocycles. The van der Waals surface area contributed by atoms with Gasteiger partial charge in [-0.1, -0.05) is 163 Å². The zero-order valence-corrected chi connectivity index (χ0v) is 20.6. The molecule has 34 heavy (non-hydrogen) atoms. The second kappa shape index (κ2) is 10.1. The van der Waals surface area contributed by atoms with Crippen LogP contribution in [0.4, 0.5) is 0 Å². The predicted octanol–water partition coefficient (Wildman–Crippen LogP) is 7.71. The van der Waals surface area contributed by atoms with Crippen molar-refractivity contribution in [2.24, 2.45) is 0 Å². The van der Waals surface area contributed by atoms with E-state index in [9.17, 15) is 0 Å². The third kappa shape index (κ3) is 4.27. The Morgan fingerprint density at radius 3 is 0.853 bits per heavy atom. The summed E-state index contributed by atoms with van der Waals surface area (Å²) < 4.78 is 0. The van der Waals surface area contributed by atoms with Crippen molar-refractivity contribution < 1.29 is 0 Å². The van der Waals surface area contributed by atoms with Gasteiger partial charge in [0.2, 0.25) is 0 Å². The minimum atomic E-state index is -2.35. The quantitative estimate of drug-likeness (QED) is 0.221. The minimum absolute atomic E-state index is 0.294. The standard InChI is InChI=1S/C33H30Si/c1-34(31-25-15-6-16-26-31,32(27-17-7-2-8-18-27)28-19-9-3-10-20-28)33(29-21-11-4-12-22-29)30-23-13-5-14-24-30/h2-26,32-33H,1H3. The highest BCUT2D eigenvalue weighted by molar-refractivity contribution is 6.94. The highest BCUT2D eigenvalue weighted by atomic mass is 28.3. The molecule has 0 unspecified atom stereocenters. The van der Waals surface area contributed by atoms with Crippen LogP contribution in [0, 0.1) is 0 Å². The Balaban J connectivity index is 1.85. The van der Waals surface area contributed by atoms with Gasteiger partial charge >= 0.3 is 0 Å². The Hall–Kier alpha value is -3.68. The SMILES string of the molecule is C[Si](c1ccccc1)(C(c1ccccc1)c1ccccc1)C(c1ccccc1)c1ccccc1. The van der Waals surface area contributed by atoms with E-state index in [2.05, 4.69) is 158 Å². The van der Waals surface area contributed by atoms with E-state index in [1.54, 1.807) is 0 Å². The van der Waals surface area contributed by atoms with Crippen molar-refractivity contribution in [2.45, 2.75) is 17.6 Å². The van der Waals surface area contributed by atoms with Crippen LogP contribution < -0.4 is 5.19 Å². The van der Waals surface area contributed by atoms with Gasteiger partial charge in [-0.25, -0.2) is 0 Å². The van der Waals surface area contributed by atoms with Gasteiger partial charge in [-0.2, -0.15) is 0 Å². The molecule has 0 aliphatic rings. The molecule has 0 fully saturated rings. The molecule has 5 aromatic rings. The van der Waals surface area contributed by atoms with E-state index in [0.717, 1.165) is 0 Å². The lowest BCUT2D eigenvalue weighted by molar-refractivity contribution is 0.981. The van der Waals surface area contributed by atoms with E-state index in [0.29, 0.717) is 11.1 Å². The third-order valence-corrected chi connectivity index (χ3v) is 12.4. The zero-order chi connectivity index (χ0) is 23.2. The Bertz CT molecular complexity index is 1120. The zero-order valence-electron chi connectivity index (χ0n) is 19.6. The lowest BCUT2D eigenvalue weighted by Gasteiger charge is -2.44. The molecule has 0 amide bonds. The Kier molecular flexibility index (Phi) is 6.55. The van der Waals surface area contributed by atoms with Crippen LogP contribution >= 0.6 is 0 Å². The molecule has 0 N–H and O–H groups in total. The molecule has 0 spiro atoms. The molecule has 0 atom stereocenters. The summed E-state index contributed by atoms with van der Waals surface area (Å²) in [4.78, 5) is 0. The van der Waals surface area contributed by atoms with E-state index >= 15 is 0 Å². The van der Waals surface area contributed by atoms with E-state index in [4.69, 9.17) is 0 Å². The minimum Gasteiger partial charge on any atom is -0.0638 e. The van der Waals surface area contributed by atoms with Crippen LogP contribution in [0.2, 0.25) is 6.55 Å². The van der Waals surface area contributed by atoms with Gasteiger partial charge in [-0.05, 0) is 22.3 Å². The van der Waals surface area contributed by atoms with Crippen molar-refractivity contribution >= 4 is 13.3 Å². The fraction of sp³-hybridized carbons (Fsp3) is 0.0909. The first-order valence-corrected chi connectivity index (χ1v) is 14.7. The summed E-state index contributed by atoms with van der Waals surface area (Å²) in [7, 11) is -2.35. The van der Waals surface area contributed by atoms with Gasteiger partial charge in [0.25, 0.3) is 0 Å². The second-order valence-electron chi connectivity index (χ2n) is 9.16. The summed E-state index contributed by atoms with van der Waals surface area (Å²) in [5, 5.41) is 1.48. The van der Waals surface area contributed by atoms with Gasteiger partial charge in [-0.15, -0.1) is 0 Å².